The van der Waals surface area contributed by atoms with E-state index in [2.05, 4.69) is 4.84 Å². The number of benzene rings is 1. The molecule has 0 aromatic heterocycles. The van der Waals surface area contributed by atoms with Gasteiger partial charge in [0.25, 0.3) is 0 Å². The second kappa shape index (κ2) is 4.83. The Hall–Kier alpha value is -1.26. The highest BCUT2D eigenvalue weighted by Crippen LogP contribution is 2.28. The largest absolute Gasteiger partial charge is 0.496 e. The first-order valence-electron chi connectivity index (χ1n) is 4.26. The molecule has 0 aliphatic heterocycles. The molecule has 1 aromatic carbocycles. The number of aryl methyl sites for hydroxylation is 1. The van der Waals surface area contributed by atoms with Crippen molar-refractivity contribution in [2.45, 2.75) is 13.5 Å². The first-order valence-corrected chi connectivity index (χ1v) is 4.26. The average Bonchev–Trinajstić information content (AvgIpc) is 2.19. The fraction of sp³-hybridized carbons (Fsp3) is 0.400. The third kappa shape index (κ3) is 2.16. The number of methoxy groups -OCH3 is 2. The van der Waals surface area contributed by atoms with Crippen molar-refractivity contribution in [1.82, 2.24) is 0 Å². The van der Waals surface area contributed by atoms with Gasteiger partial charge in [0, 0.05) is 11.6 Å². The first kappa shape index (κ1) is 10.8. The zero-order chi connectivity index (χ0) is 10.6. The van der Waals surface area contributed by atoms with Gasteiger partial charge in [0.1, 0.15) is 11.5 Å². The highest BCUT2D eigenvalue weighted by atomic mass is 16.6. The summed E-state index contributed by atoms with van der Waals surface area (Å²) in [6.07, 6.45) is 0. The van der Waals surface area contributed by atoms with E-state index in [0.29, 0.717) is 6.61 Å². The maximum absolute atomic E-state index is 5.18. The summed E-state index contributed by atoms with van der Waals surface area (Å²) in [7, 11) is 3.23. The van der Waals surface area contributed by atoms with Crippen LogP contribution >= 0.6 is 0 Å². The molecule has 0 unspecified atom stereocenters. The Morgan fingerprint density at radius 2 is 1.79 bits per heavy atom. The van der Waals surface area contributed by atoms with Gasteiger partial charge in [-0.15, -0.1) is 0 Å². The predicted octanol–water partition coefficient (Wildman–Crippen LogP) is 1.40. The van der Waals surface area contributed by atoms with Gasteiger partial charge >= 0.3 is 0 Å². The third-order valence-electron chi connectivity index (χ3n) is 2.04. The van der Waals surface area contributed by atoms with Crippen molar-refractivity contribution in [3.05, 3.63) is 23.3 Å². The molecule has 0 bridgehead atoms. The Bertz CT molecular complexity index is 312. The van der Waals surface area contributed by atoms with Crippen LogP contribution in [0.1, 0.15) is 11.1 Å². The van der Waals surface area contributed by atoms with E-state index in [0.717, 1.165) is 22.6 Å². The molecule has 1 aromatic rings. The molecular formula is C10H15NO3. The fourth-order valence-electron chi connectivity index (χ4n) is 1.34. The summed E-state index contributed by atoms with van der Waals surface area (Å²) in [5.74, 6) is 6.53. The lowest BCUT2D eigenvalue weighted by atomic mass is 10.1. The van der Waals surface area contributed by atoms with Crippen LogP contribution in [0.3, 0.4) is 0 Å². The van der Waals surface area contributed by atoms with E-state index >= 15 is 0 Å². The SMILES string of the molecule is COc1cc(OC)c(CON)cc1C. The van der Waals surface area contributed by atoms with Crippen LogP contribution in [0, 0.1) is 6.92 Å². The molecule has 0 saturated heterocycles. The quantitative estimate of drug-likeness (QED) is 0.741. The minimum Gasteiger partial charge on any atom is -0.496 e. The topological polar surface area (TPSA) is 53.7 Å². The van der Waals surface area contributed by atoms with Gasteiger partial charge in [-0.05, 0) is 18.6 Å². The van der Waals surface area contributed by atoms with Crippen LogP contribution in [0.4, 0.5) is 0 Å². The van der Waals surface area contributed by atoms with Crippen LogP contribution in [0.2, 0.25) is 0 Å². The lowest BCUT2D eigenvalue weighted by molar-refractivity contribution is 0.122. The van der Waals surface area contributed by atoms with Crippen molar-refractivity contribution in [3.8, 4) is 11.5 Å². The van der Waals surface area contributed by atoms with E-state index in [1.807, 2.05) is 19.1 Å². The number of nitrogens with two attached hydrogens (primary N) is 1. The molecule has 0 fully saturated rings. The molecule has 0 saturated carbocycles. The second-order valence-electron chi connectivity index (χ2n) is 2.94. The van der Waals surface area contributed by atoms with E-state index in [1.165, 1.54) is 0 Å². The zero-order valence-corrected chi connectivity index (χ0v) is 8.66. The van der Waals surface area contributed by atoms with E-state index in [4.69, 9.17) is 15.4 Å². The maximum Gasteiger partial charge on any atom is 0.128 e. The molecule has 0 amide bonds. The molecule has 78 valence electrons. The number of ether oxygens (including phenoxy) is 2. The van der Waals surface area contributed by atoms with Crippen molar-refractivity contribution in [2.75, 3.05) is 14.2 Å². The molecule has 0 aliphatic rings. The Balaban J connectivity index is 3.10. The molecular weight excluding hydrogens is 182 g/mol. The highest BCUT2D eigenvalue weighted by molar-refractivity contribution is 5.45. The molecule has 4 heteroatoms. The van der Waals surface area contributed by atoms with Crippen molar-refractivity contribution >= 4 is 0 Å². The van der Waals surface area contributed by atoms with E-state index in [9.17, 15) is 0 Å². The van der Waals surface area contributed by atoms with Gasteiger partial charge in [-0.2, -0.15) is 0 Å². The van der Waals surface area contributed by atoms with Gasteiger partial charge < -0.3 is 9.47 Å². The van der Waals surface area contributed by atoms with Gasteiger partial charge in [-0.25, -0.2) is 5.90 Å². The molecule has 1 rings (SSSR count). The summed E-state index contributed by atoms with van der Waals surface area (Å²) in [5, 5.41) is 0. The summed E-state index contributed by atoms with van der Waals surface area (Å²) in [5.41, 5.74) is 1.94. The molecule has 0 aliphatic carbocycles. The van der Waals surface area contributed by atoms with Crippen LogP contribution in [-0.4, -0.2) is 14.2 Å². The van der Waals surface area contributed by atoms with E-state index in [1.54, 1.807) is 14.2 Å². The third-order valence-corrected chi connectivity index (χ3v) is 2.04. The fourth-order valence-corrected chi connectivity index (χ4v) is 1.34. The van der Waals surface area contributed by atoms with Crippen LogP contribution in [-0.2, 0) is 11.4 Å². The average molecular weight is 197 g/mol. The minimum absolute atomic E-state index is 0.327. The van der Waals surface area contributed by atoms with Crippen LogP contribution < -0.4 is 15.4 Å². The predicted molar refractivity (Wildman–Crippen MR) is 53.3 cm³/mol. The first-order chi connectivity index (χ1) is 6.72. The summed E-state index contributed by atoms with van der Waals surface area (Å²) in [6.45, 7) is 2.28. The number of rotatable bonds is 4. The Kier molecular flexibility index (Phi) is 3.73. The van der Waals surface area contributed by atoms with Crippen LogP contribution in [0.25, 0.3) is 0 Å². The van der Waals surface area contributed by atoms with Crippen LogP contribution in [0.5, 0.6) is 11.5 Å². The lowest BCUT2D eigenvalue weighted by Crippen LogP contribution is -2.02. The van der Waals surface area contributed by atoms with Gasteiger partial charge in [-0.1, -0.05) is 0 Å². The molecule has 0 spiro atoms. The molecule has 0 radical (unpaired) electrons. The Labute approximate surface area is 83.5 Å². The lowest BCUT2D eigenvalue weighted by Gasteiger charge is -2.11. The molecule has 14 heavy (non-hydrogen) atoms. The molecule has 4 nitrogen and oxygen atoms in total. The monoisotopic (exact) mass is 197 g/mol. The molecule has 0 atom stereocenters. The standard InChI is InChI=1S/C10H15NO3/c1-7-4-8(6-14-11)10(13-3)5-9(7)12-2/h4-5H,6,11H2,1-3H3. The second-order valence-corrected chi connectivity index (χ2v) is 2.94. The summed E-state index contributed by atoms with van der Waals surface area (Å²) < 4.78 is 10.3. The van der Waals surface area contributed by atoms with Gasteiger partial charge in [0.05, 0.1) is 20.8 Å². The summed E-state index contributed by atoms with van der Waals surface area (Å²) in [6, 6.07) is 3.76. The Morgan fingerprint density at radius 3 is 2.29 bits per heavy atom. The summed E-state index contributed by atoms with van der Waals surface area (Å²) in [4.78, 5) is 4.58. The summed E-state index contributed by atoms with van der Waals surface area (Å²) >= 11 is 0. The smallest absolute Gasteiger partial charge is 0.128 e. The van der Waals surface area contributed by atoms with Crippen LogP contribution in [0.15, 0.2) is 12.1 Å². The molecule has 0 heterocycles. The zero-order valence-electron chi connectivity index (χ0n) is 8.66. The van der Waals surface area contributed by atoms with Crippen molar-refractivity contribution < 1.29 is 14.3 Å². The maximum atomic E-state index is 5.18. The number of hydrogen-bond donors (Lipinski definition) is 1. The Morgan fingerprint density at radius 1 is 1.14 bits per heavy atom. The van der Waals surface area contributed by atoms with Gasteiger partial charge in [0.2, 0.25) is 0 Å². The minimum atomic E-state index is 0.327. The molecule has 2 N–H and O–H groups in total. The van der Waals surface area contributed by atoms with Gasteiger partial charge in [-0.3, -0.25) is 4.84 Å². The van der Waals surface area contributed by atoms with Gasteiger partial charge in [0.15, 0.2) is 0 Å². The van der Waals surface area contributed by atoms with Crippen molar-refractivity contribution in [3.63, 3.8) is 0 Å². The van der Waals surface area contributed by atoms with Crippen molar-refractivity contribution in [1.29, 1.82) is 0 Å². The van der Waals surface area contributed by atoms with Crippen molar-refractivity contribution in [2.24, 2.45) is 5.90 Å². The normalized spacial score (nSPS) is 10.0. The number of hydrogen-bond acceptors (Lipinski definition) is 4. The van der Waals surface area contributed by atoms with E-state index < -0.39 is 0 Å². The van der Waals surface area contributed by atoms with E-state index in [-0.39, 0.29) is 0 Å². The highest BCUT2D eigenvalue weighted by Gasteiger charge is 2.07.